The average Bonchev–Trinajstić information content (AvgIpc) is 2.47. The second kappa shape index (κ2) is 6.62. The fraction of sp³-hybridized carbons (Fsp3) is 0.235. The van der Waals surface area contributed by atoms with E-state index in [1.165, 1.54) is 0 Å². The number of rotatable bonds is 2. The summed E-state index contributed by atoms with van der Waals surface area (Å²) in [5.41, 5.74) is 3.74. The summed E-state index contributed by atoms with van der Waals surface area (Å²) >= 11 is 6.05. The van der Waals surface area contributed by atoms with Crippen molar-refractivity contribution >= 4 is 11.6 Å². The van der Waals surface area contributed by atoms with E-state index in [2.05, 4.69) is 22.1 Å². The second-order valence-corrected chi connectivity index (χ2v) is 5.18. The van der Waals surface area contributed by atoms with Crippen molar-refractivity contribution < 1.29 is 0 Å². The predicted molar refractivity (Wildman–Crippen MR) is 87.8 cm³/mol. The number of hydrogen-bond donors (Lipinski definition) is 2. The van der Waals surface area contributed by atoms with Crippen LogP contribution in [-0.2, 0) is 0 Å². The Labute approximate surface area is 129 Å². The molecule has 2 aromatic rings. The summed E-state index contributed by atoms with van der Waals surface area (Å²) in [5, 5.41) is 3.21. The molecule has 1 aromatic heterocycles. The molecule has 1 heterocycles. The Morgan fingerprint density at radius 3 is 2.48 bits per heavy atom. The van der Waals surface area contributed by atoms with Crippen LogP contribution in [0.1, 0.15) is 17.0 Å². The summed E-state index contributed by atoms with van der Waals surface area (Å²) in [7, 11) is 1.86. The minimum Gasteiger partial charge on any atom is -0.361 e. The van der Waals surface area contributed by atoms with Gasteiger partial charge in [0.2, 0.25) is 5.43 Å². The van der Waals surface area contributed by atoms with Gasteiger partial charge in [0.1, 0.15) is 5.02 Å². The quantitative estimate of drug-likeness (QED) is 0.838. The molecule has 0 amide bonds. The maximum atomic E-state index is 12.3. The highest BCUT2D eigenvalue weighted by Gasteiger charge is 2.12. The number of nitrogens with one attached hydrogen (secondary N) is 2. The van der Waals surface area contributed by atoms with E-state index in [4.69, 9.17) is 11.6 Å². The molecule has 0 aliphatic heterocycles. The van der Waals surface area contributed by atoms with Gasteiger partial charge in [-0.05, 0) is 38.6 Å². The van der Waals surface area contributed by atoms with Gasteiger partial charge in [0, 0.05) is 22.5 Å². The van der Waals surface area contributed by atoms with E-state index in [9.17, 15) is 4.79 Å². The molecule has 108 valence electrons. The lowest BCUT2D eigenvalue weighted by Gasteiger charge is -2.08. The van der Waals surface area contributed by atoms with E-state index in [1.54, 1.807) is 6.92 Å². The van der Waals surface area contributed by atoms with Crippen LogP contribution in [0.3, 0.4) is 0 Å². The predicted octanol–water partition coefficient (Wildman–Crippen LogP) is 2.88. The van der Waals surface area contributed by atoms with Gasteiger partial charge in [-0.2, -0.15) is 0 Å². The van der Waals surface area contributed by atoms with Crippen LogP contribution in [0.25, 0.3) is 11.1 Å². The number of benzene rings is 1. The number of aryl methyl sites for hydroxylation is 2. The molecule has 0 radical (unpaired) electrons. The molecule has 4 heteroatoms. The van der Waals surface area contributed by atoms with Crippen molar-refractivity contribution in [2.75, 3.05) is 13.6 Å². The third-order valence-electron chi connectivity index (χ3n) is 3.18. The van der Waals surface area contributed by atoms with Crippen LogP contribution in [0, 0.1) is 25.7 Å². The second-order valence-electron chi connectivity index (χ2n) is 4.80. The van der Waals surface area contributed by atoms with Gasteiger partial charge in [0.25, 0.3) is 0 Å². The smallest absolute Gasteiger partial charge is 0.208 e. The lowest BCUT2D eigenvalue weighted by Crippen LogP contribution is -2.11. The third kappa shape index (κ3) is 3.36. The normalized spacial score (nSPS) is 10.1. The highest BCUT2D eigenvalue weighted by molar-refractivity contribution is 6.31. The molecule has 0 atom stereocenters. The SMILES string of the molecule is CNCC#Cc1ccc(-c2c(C)[nH]c(C)c(Cl)c2=O)cc1. The minimum absolute atomic E-state index is 0.139. The van der Waals surface area contributed by atoms with Crippen LogP contribution < -0.4 is 10.7 Å². The fourth-order valence-electron chi connectivity index (χ4n) is 2.15. The van der Waals surface area contributed by atoms with Crippen molar-refractivity contribution in [3.63, 3.8) is 0 Å². The molecule has 0 fully saturated rings. The molecule has 0 bridgehead atoms. The summed E-state index contributed by atoms with van der Waals surface area (Å²) in [5.74, 6) is 6.05. The fourth-order valence-corrected chi connectivity index (χ4v) is 2.29. The van der Waals surface area contributed by atoms with Gasteiger partial charge in [-0.15, -0.1) is 0 Å². The Morgan fingerprint density at radius 2 is 1.86 bits per heavy atom. The lowest BCUT2D eigenvalue weighted by molar-refractivity contribution is 0.938. The van der Waals surface area contributed by atoms with Gasteiger partial charge in [-0.1, -0.05) is 35.6 Å². The Bertz CT molecular complexity index is 764. The van der Waals surface area contributed by atoms with Crippen LogP contribution in [-0.4, -0.2) is 18.6 Å². The van der Waals surface area contributed by atoms with E-state index in [1.807, 2.05) is 38.2 Å². The first-order valence-electron chi connectivity index (χ1n) is 6.67. The zero-order valence-corrected chi connectivity index (χ0v) is 13.1. The van der Waals surface area contributed by atoms with Crippen LogP contribution in [0.5, 0.6) is 0 Å². The van der Waals surface area contributed by atoms with Gasteiger partial charge in [0.05, 0.1) is 6.54 Å². The molecule has 2 N–H and O–H groups in total. The topological polar surface area (TPSA) is 44.9 Å². The number of pyridine rings is 1. The van der Waals surface area contributed by atoms with Crippen molar-refractivity contribution in [3.05, 3.63) is 56.5 Å². The molecule has 2 rings (SSSR count). The largest absolute Gasteiger partial charge is 0.361 e. The summed E-state index contributed by atoms with van der Waals surface area (Å²) in [6.07, 6.45) is 0. The molecule has 0 saturated carbocycles. The molecular formula is C17H17ClN2O. The van der Waals surface area contributed by atoms with Crippen molar-refractivity contribution in [1.82, 2.24) is 10.3 Å². The summed E-state index contributed by atoms with van der Waals surface area (Å²) < 4.78 is 0. The Kier molecular flexibility index (Phi) is 4.85. The van der Waals surface area contributed by atoms with Crippen molar-refractivity contribution in [1.29, 1.82) is 0 Å². The highest BCUT2D eigenvalue weighted by Crippen LogP contribution is 2.22. The monoisotopic (exact) mass is 300 g/mol. The highest BCUT2D eigenvalue weighted by atomic mass is 35.5. The summed E-state index contributed by atoms with van der Waals surface area (Å²) in [6, 6.07) is 7.61. The number of halogens is 1. The number of aromatic amines is 1. The van der Waals surface area contributed by atoms with Crippen LogP contribution in [0.4, 0.5) is 0 Å². The minimum atomic E-state index is -0.139. The Morgan fingerprint density at radius 1 is 1.19 bits per heavy atom. The average molecular weight is 301 g/mol. The molecule has 21 heavy (non-hydrogen) atoms. The van der Waals surface area contributed by atoms with E-state index < -0.39 is 0 Å². The maximum absolute atomic E-state index is 12.3. The number of H-pyrrole nitrogens is 1. The Balaban J connectivity index is 2.43. The third-order valence-corrected chi connectivity index (χ3v) is 3.63. The first kappa shape index (κ1) is 15.4. The van der Waals surface area contributed by atoms with Gasteiger partial charge >= 0.3 is 0 Å². The lowest BCUT2D eigenvalue weighted by atomic mass is 10.0. The first-order valence-corrected chi connectivity index (χ1v) is 7.05. The molecule has 0 aliphatic carbocycles. The standard InChI is InChI=1S/C17H17ClN2O/c1-11-15(17(21)16(18)12(2)20-11)14-8-6-13(7-9-14)5-4-10-19-3/h6-9,19H,10H2,1-3H3,(H,20,21). The molecule has 0 spiro atoms. The first-order chi connectivity index (χ1) is 10.0. The maximum Gasteiger partial charge on any atom is 0.208 e. The number of hydrogen-bond acceptors (Lipinski definition) is 2. The Hall–Kier alpha value is -2.02. The summed E-state index contributed by atoms with van der Waals surface area (Å²) in [4.78, 5) is 15.5. The van der Waals surface area contributed by atoms with E-state index in [0.29, 0.717) is 17.8 Å². The molecule has 0 saturated heterocycles. The van der Waals surface area contributed by atoms with Crippen molar-refractivity contribution in [3.8, 4) is 23.0 Å². The van der Waals surface area contributed by atoms with E-state index in [-0.39, 0.29) is 10.5 Å². The molecular weight excluding hydrogens is 284 g/mol. The van der Waals surface area contributed by atoms with Gasteiger partial charge < -0.3 is 10.3 Å². The molecule has 3 nitrogen and oxygen atoms in total. The zero-order valence-electron chi connectivity index (χ0n) is 12.3. The van der Waals surface area contributed by atoms with Crippen molar-refractivity contribution in [2.24, 2.45) is 0 Å². The molecule has 0 unspecified atom stereocenters. The van der Waals surface area contributed by atoms with Crippen LogP contribution >= 0.6 is 11.6 Å². The molecule has 1 aromatic carbocycles. The van der Waals surface area contributed by atoms with Gasteiger partial charge in [-0.25, -0.2) is 0 Å². The van der Waals surface area contributed by atoms with Crippen LogP contribution in [0.2, 0.25) is 5.02 Å². The zero-order chi connectivity index (χ0) is 15.4. The van der Waals surface area contributed by atoms with Crippen molar-refractivity contribution in [2.45, 2.75) is 13.8 Å². The molecule has 0 aliphatic rings. The van der Waals surface area contributed by atoms with Gasteiger partial charge in [0.15, 0.2) is 0 Å². The summed E-state index contributed by atoms with van der Waals surface area (Å²) in [6.45, 7) is 4.32. The van der Waals surface area contributed by atoms with E-state index >= 15 is 0 Å². The van der Waals surface area contributed by atoms with Crippen LogP contribution in [0.15, 0.2) is 29.1 Å². The van der Waals surface area contributed by atoms with E-state index in [0.717, 1.165) is 16.8 Å². The number of aromatic nitrogens is 1. The van der Waals surface area contributed by atoms with Gasteiger partial charge in [-0.3, -0.25) is 4.79 Å².